The molecule has 5 nitrogen and oxygen atoms in total. The normalized spacial score (nSPS) is 15.4. The zero-order valence-electron chi connectivity index (χ0n) is 15.6. The van der Waals surface area contributed by atoms with Crippen molar-refractivity contribution in [2.45, 2.75) is 26.9 Å². The van der Waals surface area contributed by atoms with Crippen molar-refractivity contribution in [3.8, 4) is 0 Å². The quantitative estimate of drug-likeness (QED) is 0.528. The lowest BCUT2D eigenvalue weighted by molar-refractivity contribution is -0.137. The van der Waals surface area contributed by atoms with Gasteiger partial charge in [0.1, 0.15) is 6.61 Å². The van der Waals surface area contributed by atoms with E-state index in [1.165, 1.54) is 7.11 Å². The molecular weight excluding hydrogens is 360 g/mol. The third-order valence-electron chi connectivity index (χ3n) is 4.03. The van der Waals surface area contributed by atoms with Crippen molar-refractivity contribution in [1.82, 2.24) is 5.01 Å². The Hall–Kier alpha value is -2.86. The number of ether oxygens (including phenoxy) is 2. The summed E-state index contributed by atoms with van der Waals surface area (Å²) in [5.74, 6) is 0.00307. The number of carbonyl (C=O) groups excluding carboxylic acids is 1. The van der Waals surface area contributed by atoms with E-state index in [-0.39, 0.29) is 5.70 Å². The molecule has 0 unspecified atom stereocenters. The molecule has 1 aromatic carbocycles. The molecule has 140 valence electrons. The number of thiophene rings is 1. The molecule has 0 saturated carbocycles. The van der Waals surface area contributed by atoms with Gasteiger partial charge in [-0.05, 0) is 30.4 Å². The second kappa shape index (κ2) is 8.68. The van der Waals surface area contributed by atoms with Gasteiger partial charge in [0.2, 0.25) is 0 Å². The van der Waals surface area contributed by atoms with Crippen LogP contribution in [0.5, 0.6) is 0 Å². The molecule has 2 aromatic rings. The highest BCUT2D eigenvalue weighted by Crippen LogP contribution is 2.43. The van der Waals surface area contributed by atoms with Crippen molar-refractivity contribution in [2.24, 2.45) is 5.10 Å². The maximum atomic E-state index is 12.7. The van der Waals surface area contributed by atoms with E-state index < -0.39 is 5.97 Å². The minimum atomic E-state index is -0.484. The van der Waals surface area contributed by atoms with Crippen LogP contribution in [0.4, 0.5) is 0 Å². The lowest BCUT2D eigenvalue weighted by Gasteiger charge is -2.30. The topological polar surface area (TPSA) is 51.1 Å². The summed E-state index contributed by atoms with van der Waals surface area (Å²) in [6.45, 7) is 4.21. The predicted molar refractivity (Wildman–Crippen MR) is 109 cm³/mol. The highest BCUT2D eigenvalue weighted by Gasteiger charge is 2.35. The van der Waals surface area contributed by atoms with E-state index in [1.54, 1.807) is 22.6 Å². The fourth-order valence-electron chi connectivity index (χ4n) is 2.89. The van der Waals surface area contributed by atoms with Crippen LogP contribution in [-0.4, -0.2) is 24.3 Å². The summed E-state index contributed by atoms with van der Waals surface area (Å²) in [4.78, 5) is 13.7. The molecule has 0 radical (unpaired) electrons. The number of hydrogen-bond acceptors (Lipinski definition) is 6. The average molecular weight is 382 g/mol. The van der Waals surface area contributed by atoms with Gasteiger partial charge in [0.05, 0.1) is 17.7 Å². The van der Waals surface area contributed by atoms with Crippen LogP contribution in [0.25, 0.3) is 11.5 Å². The first-order chi connectivity index (χ1) is 13.2. The Balaban J connectivity index is 2.13. The second-order valence-electron chi connectivity index (χ2n) is 5.79. The molecule has 0 saturated heterocycles. The first-order valence-corrected chi connectivity index (χ1v) is 9.65. The summed E-state index contributed by atoms with van der Waals surface area (Å²) in [6.07, 6.45) is 4.52. The van der Waals surface area contributed by atoms with Crippen LogP contribution in [0.1, 0.15) is 36.3 Å². The average Bonchev–Trinajstić information content (AvgIpc) is 3.18. The maximum absolute atomic E-state index is 12.7. The molecule has 1 aliphatic heterocycles. The van der Waals surface area contributed by atoms with Gasteiger partial charge < -0.3 is 9.47 Å². The van der Waals surface area contributed by atoms with Gasteiger partial charge >= 0.3 is 5.97 Å². The molecule has 27 heavy (non-hydrogen) atoms. The lowest BCUT2D eigenvalue weighted by atomic mass is 10.1. The van der Waals surface area contributed by atoms with E-state index in [0.29, 0.717) is 12.4 Å². The van der Waals surface area contributed by atoms with Gasteiger partial charge in [0, 0.05) is 11.8 Å². The van der Waals surface area contributed by atoms with Crippen LogP contribution in [0.15, 0.2) is 58.7 Å². The number of allylic oxidation sites excluding steroid dienone is 1. The smallest absolute Gasteiger partial charge is 0.360 e. The third kappa shape index (κ3) is 3.80. The van der Waals surface area contributed by atoms with Crippen molar-refractivity contribution in [3.05, 3.63) is 69.6 Å². The highest BCUT2D eigenvalue weighted by molar-refractivity contribution is 7.11. The largest absolute Gasteiger partial charge is 0.486 e. The van der Waals surface area contributed by atoms with Crippen molar-refractivity contribution in [3.63, 3.8) is 0 Å². The van der Waals surface area contributed by atoms with Crippen molar-refractivity contribution < 1.29 is 14.3 Å². The number of methoxy groups -OCH3 is 1. The van der Waals surface area contributed by atoms with E-state index in [1.807, 2.05) is 48.7 Å². The molecule has 0 spiro atoms. The Morgan fingerprint density at radius 3 is 2.70 bits per heavy atom. The third-order valence-corrected chi connectivity index (χ3v) is 4.97. The number of nitrogens with zero attached hydrogens (tertiary/aromatic N) is 2. The van der Waals surface area contributed by atoms with Gasteiger partial charge in [-0.3, -0.25) is 0 Å². The second-order valence-corrected chi connectivity index (χ2v) is 6.71. The number of fused-ring (bicyclic) bond motifs is 1. The molecule has 0 N–H and O–H groups in total. The molecule has 0 amide bonds. The minimum absolute atomic E-state index is 0.289. The molecular formula is C21H22N2O3S. The first kappa shape index (κ1) is 18.9. The summed E-state index contributed by atoms with van der Waals surface area (Å²) in [7, 11) is 1.37. The molecule has 3 rings (SSSR count). The monoisotopic (exact) mass is 382 g/mol. The minimum Gasteiger partial charge on any atom is -0.486 e. The number of rotatable bonds is 6. The maximum Gasteiger partial charge on any atom is 0.360 e. The van der Waals surface area contributed by atoms with Gasteiger partial charge in [-0.15, -0.1) is 11.3 Å². The molecule has 1 aromatic heterocycles. The Bertz CT molecular complexity index is 897. The van der Waals surface area contributed by atoms with E-state index in [0.717, 1.165) is 28.1 Å². The Morgan fingerprint density at radius 2 is 2.04 bits per heavy atom. The number of benzene rings is 1. The van der Waals surface area contributed by atoms with Crippen LogP contribution in [0.2, 0.25) is 0 Å². The predicted octanol–water partition coefficient (Wildman–Crippen LogP) is 4.88. The van der Waals surface area contributed by atoms with Gasteiger partial charge in [0.15, 0.2) is 11.5 Å². The van der Waals surface area contributed by atoms with Crippen molar-refractivity contribution in [2.75, 3.05) is 7.11 Å². The van der Waals surface area contributed by atoms with Crippen LogP contribution in [0, 0.1) is 0 Å². The first-order valence-electron chi connectivity index (χ1n) is 8.77. The zero-order valence-corrected chi connectivity index (χ0v) is 16.5. The van der Waals surface area contributed by atoms with Crippen LogP contribution in [0.3, 0.4) is 0 Å². The molecule has 0 atom stereocenters. The lowest BCUT2D eigenvalue weighted by Crippen LogP contribution is -2.28. The van der Waals surface area contributed by atoms with Gasteiger partial charge in [-0.2, -0.15) is 5.10 Å². The fourth-order valence-corrected chi connectivity index (χ4v) is 3.80. The molecule has 0 bridgehead atoms. The van der Waals surface area contributed by atoms with Crippen molar-refractivity contribution in [1.29, 1.82) is 0 Å². The number of hydrogen-bond donors (Lipinski definition) is 0. The van der Waals surface area contributed by atoms with Gasteiger partial charge in [-0.25, -0.2) is 9.80 Å². The Morgan fingerprint density at radius 1 is 1.26 bits per heavy atom. The van der Waals surface area contributed by atoms with Gasteiger partial charge in [-0.1, -0.05) is 43.3 Å². The SMILES string of the molecule is C/C=N\N1C(C(=O)OC)=C(OCc2ccccc2)c2ccsc2/C1=C\CC. The van der Waals surface area contributed by atoms with Crippen LogP contribution >= 0.6 is 11.3 Å². The standard InChI is InChI=1S/C21H22N2O3S/c1-4-9-17-20-16(12-13-27-20)19(26-14-15-10-7-6-8-11-15)18(21(24)25-3)23(17)22-5-2/h5-13H,4,14H2,1-3H3/b17-9+,22-5-. The molecule has 6 heteroatoms. The Labute approximate surface area is 163 Å². The van der Waals surface area contributed by atoms with Crippen LogP contribution < -0.4 is 0 Å². The Kier molecular flexibility index (Phi) is 6.08. The van der Waals surface area contributed by atoms with E-state index in [2.05, 4.69) is 18.1 Å². The summed E-state index contributed by atoms with van der Waals surface area (Å²) in [6, 6.07) is 11.8. The molecule has 0 fully saturated rings. The van der Waals surface area contributed by atoms with E-state index in [9.17, 15) is 4.79 Å². The summed E-state index contributed by atoms with van der Waals surface area (Å²) in [5, 5.41) is 8.04. The van der Waals surface area contributed by atoms with Crippen molar-refractivity contribution >= 4 is 35.0 Å². The highest BCUT2D eigenvalue weighted by atomic mass is 32.1. The van der Waals surface area contributed by atoms with E-state index >= 15 is 0 Å². The summed E-state index contributed by atoms with van der Waals surface area (Å²) >= 11 is 1.60. The fraction of sp³-hybridized carbons (Fsp3) is 0.238. The van der Waals surface area contributed by atoms with Crippen LogP contribution in [-0.2, 0) is 20.9 Å². The number of esters is 1. The number of hydrazone groups is 1. The summed E-state index contributed by atoms with van der Waals surface area (Å²) < 4.78 is 11.2. The van der Waals surface area contributed by atoms with Gasteiger partial charge in [0.25, 0.3) is 0 Å². The molecule has 0 aliphatic carbocycles. The molecule has 2 heterocycles. The zero-order chi connectivity index (χ0) is 19.2. The molecule has 1 aliphatic rings. The number of carbonyl (C=O) groups is 1. The van der Waals surface area contributed by atoms with E-state index in [4.69, 9.17) is 9.47 Å². The summed E-state index contributed by atoms with van der Waals surface area (Å²) in [5.41, 5.74) is 3.07.